The summed E-state index contributed by atoms with van der Waals surface area (Å²) in [6, 6.07) is 0. The van der Waals surface area contributed by atoms with Gasteiger partial charge in [0.05, 0.1) is 0 Å². The molecule has 0 bridgehead atoms. The van der Waals surface area contributed by atoms with Crippen LogP contribution in [0, 0.1) is 0 Å². The average molecular weight is 321 g/mol. The van der Waals surface area contributed by atoms with Crippen LogP contribution in [0.5, 0.6) is 0 Å². The van der Waals surface area contributed by atoms with Gasteiger partial charge in [0.2, 0.25) is 11.8 Å². The smallest absolute Gasteiger partial charge is 0.216 e. The van der Waals surface area contributed by atoms with Crippen LogP contribution in [-0.4, -0.2) is 36.4 Å². The van der Waals surface area contributed by atoms with Crippen molar-refractivity contribution in [2.75, 3.05) is 24.6 Å². The van der Waals surface area contributed by atoms with E-state index in [1.54, 1.807) is 13.8 Å². The molecule has 0 unspecified atom stereocenters. The van der Waals surface area contributed by atoms with Crippen LogP contribution >= 0.6 is 21.6 Å². The predicted octanol–water partition coefficient (Wildman–Crippen LogP) is 2.98. The van der Waals surface area contributed by atoms with Gasteiger partial charge in [-0.2, -0.15) is 0 Å². The number of hydrogen-bond donors (Lipinski definition) is 2. The third-order valence-corrected chi connectivity index (χ3v) is 5.22. The number of carbonyl (C=O) groups excluding carboxylic acids is 2. The second-order valence-electron chi connectivity index (χ2n) is 4.73. The first-order valence-electron chi connectivity index (χ1n) is 7.36. The summed E-state index contributed by atoms with van der Waals surface area (Å²) in [7, 11) is 3.89. The maximum absolute atomic E-state index is 10.6. The largest absolute Gasteiger partial charge is 0.356 e. The van der Waals surface area contributed by atoms with Crippen molar-refractivity contribution >= 4 is 33.4 Å². The zero-order chi connectivity index (χ0) is 15.1. The van der Waals surface area contributed by atoms with Crippen molar-refractivity contribution in [1.29, 1.82) is 0 Å². The van der Waals surface area contributed by atoms with Gasteiger partial charge in [0.1, 0.15) is 0 Å². The van der Waals surface area contributed by atoms with Crippen molar-refractivity contribution in [3.63, 3.8) is 0 Å². The molecule has 0 aliphatic rings. The van der Waals surface area contributed by atoms with Crippen LogP contribution < -0.4 is 10.6 Å². The Hall–Kier alpha value is -0.360. The first-order valence-corrected chi connectivity index (χ1v) is 9.85. The normalized spacial score (nSPS) is 10.3. The van der Waals surface area contributed by atoms with Crippen LogP contribution in [0.15, 0.2) is 0 Å². The summed E-state index contributed by atoms with van der Waals surface area (Å²) in [6.45, 7) is 4.73. The van der Waals surface area contributed by atoms with Gasteiger partial charge >= 0.3 is 0 Å². The Morgan fingerprint density at radius 2 is 1.10 bits per heavy atom. The number of carbonyl (C=O) groups is 2. The minimum absolute atomic E-state index is 0.0634. The second-order valence-corrected chi connectivity index (χ2v) is 7.43. The van der Waals surface area contributed by atoms with E-state index in [2.05, 4.69) is 10.6 Å². The molecule has 4 nitrogen and oxygen atoms in total. The lowest BCUT2D eigenvalue weighted by atomic mass is 10.2. The lowest BCUT2D eigenvalue weighted by Crippen LogP contribution is -2.20. The number of rotatable bonds is 13. The zero-order valence-corrected chi connectivity index (χ0v) is 14.3. The summed E-state index contributed by atoms with van der Waals surface area (Å²) >= 11 is 0. The minimum Gasteiger partial charge on any atom is -0.356 e. The van der Waals surface area contributed by atoms with Crippen molar-refractivity contribution in [2.24, 2.45) is 0 Å². The molecule has 0 saturated carbocycles. The first-order chi connectivity index (χ1) is 9.63. The molecule has 0 fully saturated rings. The number of unbranched alkanes of at least 4 members (excludes halogenated alkanes) is 4. The van der Waals surface area contributed by atoms with E-state index >= 15 is 0 Å². The van der Waals surface area contributed by atoms with E-state index < -0.39 is 0 Å². The van der Waals surface area contributed by atoms with Gasteiger partial charge in [0.25, 0.3) is 0 Å². The molecule has 0 saturated heterocycles. The maximum atomic E-state index is 10.6. The summed E-state index contributed by atoms with van der Waals surface area (Å²) in [5.41, 5.74) is 0. The highest BCUT2D eigenvalue weighted by molar-refractivity contribution is 8.76. The quantitative estimate of drug-likeness (QED) is 0.405. The van der Waals surface area contributed by atoms with Gasteiger partial charge in [-0.15, -0.1) is 0 Å². The fourth-order valence-corrected chi connectivity index (χ4v) is 3.87. The molecule has 0 radical (unpaired) electrons. The van der Waals surface area contributed by atoms with Crippen molar-refractivity contribution in [3.05, 3.63) is 0 Å². The molecule has 0 aliphatic heterocycles. The van der Waals surface area contributed by atoms with E-state index in [9.17, 15) is 9.59 Å². The molecule has 0 rings (SSSR count). The molecule has 0 atom stereocenters. The predicted molar refractivity (Wildman–Crippen MR) is 90.0 cm³/mol. The van der Waals surface area contributed by atoms with Crippen LogP contribution in [0.4, 0.5) is 0 Å². The zero-order valence-electron chi connectivity index (χ0n) is 12.7. The van der Waals surface area contributed by atoms with Gasteiger partial charge in [-0.3, -0.25) is 9.59 Å². The molecule has 0 aliphatic carbocycles. The molecule has 6 heteroatoms. The fourth-order valence-electron chi connectivity index (χ4n) is 1.57. The standard InChI is InChI=1S/C14H28N2O2S2/c1-13(17)15-9-5-3-7-11-19-20-12-8-4-6-10-16-14(2)18/h3-12H2,1-2H3,(H,15,17)(H,16,18). The lowest BCUT2D eigenvalue weighted by molar-refractivity contribution is -0.119. The summed E-state index contributed by atoms with van der Waals surface area (Å²) < 4.78 is 0. The number of amides is 2. The van der Waals surface area contributed by atoms with E-state index in [1.807, 2.05) is 21.6 Å². The van der Waals surface area contributed by atoms with Gasteiger partial charge in [-0.25, -0.2) is 0 Å². The Balaban J connectivity index is 2.99. The minimum atomic E-state index is 0.0634. The molecular weight excluding hydrogens is 292 g/mol. The van der Waals surface area contributed by atoms with Gasteiger partial charge in [0.15, 0.2) is 0 Å². The van der Waals surface area contributed by atoms with E-state index in [1.165, 1.54) is 37.2 Å². The van der Waals surface area contributed by atoms with Gasteiger partial charge in [0, 0.05) is 38.4 Å². The SMILES string of the molecule is CC(=O)NCCCCCSSCCCCCNC(C)=O. The Bertz CT molecular complexity index is 238. The highest BCUT2D eigenvalue weighted by Gasteiger charge is 1.95. The molecule has 2 amide bonds. The van der Waals surface area contributed by atoms with Crippen LogP contribution in [0.3, 0.4) is 0 Å². The highest BCUT2D eigenvalue weighted by atomic mass is 33.1. The van der Waals surface area contributed by atoms with E-state index in [0.717, 1.165) is 25.9 Å². The van der Waals surface area contributed by atoms with E-state index in [-0.39, 0.29) is 11.8 Å². The van der Waals surface area contributed by atoms with Crippen molar-refractivity contribution < 1.29 is 9.59 Å². The molecule has 2 N–H and O–H groups in total. The van der Waals surface area contributed by atoms with E-state index in [4.69, 9.17) is 0 Å². The lowest BCUT2D eigenvalue weighted by Gasteiger charge is -2.03. The maximum Gasteiger partial charge on any atom is 0.216 e. The van der Waals surface area contributed by atoms with Crippen molar-refractivity contribution in [3.8, 4) is 0 Å². The van der Waals surface area contributed by atoms with Crippen LogP contribution in [-0.2, 0) is 9.59 Å². The third-order valence-electron chi connectivity index (χ3n) is 2.64. The molecule has 0 aromatic carbocycles. The summed E-state index contributed by atoms with van der Waals surface area (Å²) in [5, 5.41) is 5.62. The Morgan fingerprint density at radius 3 is 1.45 bits per heavy atom. The molecule has 0 spiro atoms. The van der Waals surface area contributed by atoms with Crippen LogP contribution in [0.2, 0.25) is 0 Å². The van der Waals surface area contributed by atoms with Gasteiger partial charge in [-0.05, 0) is 25.7 Å². The number of hydrogen-bond acceptors (Lipinski definition) is 4. The molecule has 0 heterocycles. The summed E-state index contributed by atoms with van der Waals surface area (Å²) in [4.78, 5) is 21.3. The second kappa shape index (κ2) is 15.0. The first kappa shape index (κ1) is 19.6. The highest BCUT2D eigenvalue weighted by Crippen LogP contribution is 2.24. The Labute approximate surface area is 131 Å². The van der Waals surface area contributed by atoms with Crippen LogP contribution in [0.25, 0.3) is 0 Å². The van der Waals surface area contributed by atoms with Crippen molar-refractivity contribution in [1.82, 2.24) is 10.6 Å². The fraction of sp³-hybridized carbons (Fsp3) is 0.857. The van der Waals surface area contributed by atoms with Crippen LogP contribution in [0.1, 0.15) is 52.4 Å². The molecule has 20 heavy (non-hydrogen) atoms. The molecular formula is C14H28N2O2S2. The van der Waals surface area contributed by atoms with E-state index in [0.29, 0.717) is 0 Å². The summed E-state index contributed by atoms with van der Waals surface area (Å²) in [6.07, 6.45) is 6.97. The topological polar surface area (TPSA) is 58.2 Å². The monoisotopic (exact) mass is 320 g/mol. The number of nitrogens with one attached hydrogen (secondary N) is 2. The van der Waals surface area contributed by atoms with Gasteiger partial charge in [-0.1, -0.05) is 34.4 Å². The third kappa shape index (κ3) is 17.6. The molecule has 0 aromatic rings. The molecule has 118 valence electrons. The summed E-state index contributed by atoms with van der Waals surface area (Å²) in [5.74, 6) is 2.51. The van der Waals surface area contributed by atoms with Crippen molar-refractivity contribution in [2.45, 2.75) is 52.4 Å². The average Bonchev–Trinajstić information content (AvgIpc) is 2.38. The molecule has 0 aromatic heterocycles. The van der Waals surface area contributed by atoms with Gasteiger partial charge < -0.3 is 10.6 Å². The Kier molecular flexibility index (Phi) is 14.8. The Morgan fingerprint density at radius 1 is 0.700 bits per heavy atom.